The lowest BCUT2D eigenvalue weighted by atomic mass is 9.98. The van der Waals surface area contributed by atoms with Gasteiger partial charge in [-0.05, 0) is 56.2 Å². The Labute approximate surface area is 216 Å². The van der Waals surface area contributed by atoms with E-state index >= 15 is 0 Å². The molecule has 0 fully saturated rings. The van der Waals surface area contributed by atoms with E-state index in [0.717, 1.165) is 17.5 Å². The molecule has 37 heavy (non-hydrogen) atoms. The molecule has 0 aliphatic carbocycles. The van der Waals surface area contributed by atoms with E-state index in [0.29, 0.717) is 16.8 Å². The normalized spacial score (nSPS) is 12.2. The van der Waals surface area contributed by atoms with Crippen molar-refractivity contribution in [1.29, 1.82) is 0 Å². The first-order chi connectivity index (χ1) is 17.8. The zero-order valence-electron chi connectivity index (χ0n) is 21.6. The van der Waals surface area contributed by atoms with Gasteiger partial charge in [-0.1, -0.05) is 42.5 Å². The smallest absolute Gasteiger partial charge is 0.247 e. The van der Waals surface area contributed by atoms with E-state index < -0.39 is 11.6 Å². The maximum atomic E-state index is 14.0. The summed E-state index contributed by atoms with van der Waals surface area (Å²) in [7, 11) is 1.59. The Balaban J connectivity index is 1.78. The van der Waals surface area contributed by atoms with Gasteiger partial charge in [-0.25, -0.2) is 4.68 Å². The van der Waals surface area contributed by atoms with E-state index in [1.54, 1.807) is 41.2 Å². The molecule has 0 radical (unpaired) electrons. The summed E-state index contributed by atoms with van der Waals surface area (Å²) in [5, 5.41) is 11.5. The maximum absolute atomic E-state index is 14.0. The van der Waals surface area contributed by atoms with Crippen LogP contribution >= 0.6 is 0 Å². The van der Waals surface area contributed by atoms with Crippen LogP contribution in [0.15, 0.2) is 73.1 Å². The summed E-state index contributed by atoms with van der Waals surface area (Å²) in [6.45, 7) is 6.00. The van der Waals surface area contributed by atoms with Crippen molar-refractivity contribution in [3.05, 3.63) is 84.2 Å². The van der Waals surface area contributed by atoms with Crippen molar-refractivity contribution < 1.29 is 14.3 Å². The summed E-state index contributed by atoms with van der Waals surface area (Å²) in [6.07, 6.45) is 3.97. The third-order valence-corrected chi connectivity index (χ3v) is 6.49. The van der Waals surface area contributed by atoms with Crippen molar-refractivity contribution in [2.45, 2.75) is 51.9 Å². The molecular weight excluding hydrogens is 468 g/mol. The summed E-state index contributed by atoms with van der Waals surface area (Å²) in [4.78, 5) is 33.5. The fourth-order valence-corrected chi connectivity index (χ4v) is 4.10. The minimum atomic E-state index is -0.902. The number of hydrogen-bond donors (Lipinski definition) is 1. The number of rotatable bonds is 10. The van der Waals surface area contributed by atoms with Crippen LogP contribution in [0.2, 0.25) is 0 Å². The van der Waals surface area contributed by atoms with Gasteiger partial charge in [0, 0.05) is 23.5 Å². The molecule has 0 aliphatic rings. The first-order valence-corrected chi connectivity index (χ1v) is 12.2. The Morgan fingerprint density at radius 3 is 2.49 bits per heavy atom. The number of carbonyl (C=O) groups is 2. The zero-order chi connectivity index (χ0) is 26.4. The average molecular weight is 501 g/mol. The summed E-state index contributed by atoms with van der Waals surface area (Å²) < 4.78 is 7.12. The quantitative estimate of drug-likeness (QED) is 0.354. The van der Waals surface area contributed by atoms with E-state index in [4.69, 9.17) is 4.74 Å². The Kier molecular flexibility index (Phi) is 7.81. The predicted molar refractivity (Wildman–Crippen MR) is 141 cm³/mol. The van der Waals surface area contributed by atoms with Crippen LogP contribution in [-0.4, -0.2) is 49.3 Å². The third kappa shape index (κ3) is 5.94. The number of ether oxygens (including phenoxy) is 1. The van der Waals surface area contributed by atoms with Gasteiger partial charge in [0.2, 0.25) is 11.8 Å². The number of methoxy groups -OCH3 is 1. The van der Waals surface area contributed by atoms with E-state index in [2.05, 4.69) is 20.6 Å². The molecule has 2 aromatic heterocycles. The molecule has 1 atom stereocenters. The van der Waals surface area contributed by atoms with Gasteiger partial charge in [-0.2, -0.15) is 0 Å². The van der Waals surface area contributed by atoms with Gasteiger partial charge >= 0.3 is 0 Å². The van der Waals surface area contributed by atoms with Crippen LogP contribution in [0, 0.1) is 0 Å². The fourth-order valence-electron chi connectivity index (χ4n) is 4.10. The molecule has 0 aliphatic heterocycles. The van der Waals surface area contributed by atoms with Gasteiger partial charge < -0.3 is 15.0 Å². The summed E-state index contributed by atoms with van der Waals surface area (Å²) in [5.41, 5.74) is 2.42. The Morgan fingerprint density at radius 2 is 1.76 bits per heavy atom. The molecule has 0 saturated carbocycles. The molecule has 4 rings (SSSR count). The van der Waals surface area contributed by atoms with Crippen LogP contribution in [0.1, 0.15) is 44.4 Å². The minimum absolute atomic E-state index is 0.0817. The first kappa shape index (κ1) is 25.8. The second-order valence-electron chi connectivity index (χ2n) is 9.48. The predicted octanol–water partition coefficient (Wildman–Crippen LogP) is 3.91. The van der Waals surface area contributed by atoms with Crippen LogP contribution < -0.4 is 10.1 Å². The lowest BCUT2D eigenvalue weighted by molar-refractivity contribution is -0.143. The molecule has 4 aromatic rings. The summed E-state index contributed by atoms with van der Waals surface area (Å²) >= 11 is 0. The number of amides is 2. The second-order valence-corrected chi connectivity index (χ2v) is 9.48. The highest BCUT2D eigenvalue weighted by molar-refractivity contribution is 5.89. The van der Waals surface area contributed by atoms with Crippen molar-refractivity contribution in [2.75, 3.05) is 7.11 Å². The Hall–Kier alpha value is -4.27. The van der Waals surface area contributed by atoms with Gasteiger partial charge in [-0.15, -0.1) is 5.10 Å². The van der Waals surface area contributed by atoms with E-state index in [9.17, 15) is 9.59 Å². The van der Waals surface area contributed by atoms with Gasteiger partial charge in [0.05, 0.1) is 19.2 Å². The first-order valence-electron chi connectivity index (χ1n) is 12.2. The highest BCUT2D eigenvalue weighted by Crippen LogP contribution is 2.28. The van der Waals surface area contributed by atoms with Crippen molar-refractivity contribution in [3.8, 4) is 5.75 Å². The molecule has 9 nitrogen and oxygen atoms in total. The molecule has 192 valence electrons. The van der Waals surface area contributed by atoms with E-state index in [1.807, 2.05) is 69.3 Å². The Bertz CT molecular complexity index is 1370. The van der Waals surface area contributed by atoms with Crippen molar-refractivity contribution in [3.63, 3.8) is 0 Å². The number of pyridine rings is 1. The van der Waals surface area contributed by atoms with Crippen LogP contribution in [0.5, 0.6) is 5.75 Å². The molecule has 0 saturated heterocycles. The highest BCUT2D eigenvalue weighted by atomic mass is 16.5. The van der Waals surface area contributed by atoms with Crippen LogP contribution in [0.4, 0.5) is 0 Å². The molecule has 0 unspecified atom stereocenters. The van der Waals surface area contributed by atoms with E-state index in [1.165, 1.54) is 0 Å². The van der Waals surface area contributed by atoms with Crippen LogP contribution in [-0.2, 0) is 22.7 Å². The van der Waals surface area contributed by atoms with Gasteiger partial charge in [0.25, 0.3) is 0 Å². The van der Waals surface area contributed by atoms with Crippen LogP contribution in [0.3, 0.4) is 0 Å². The molecule has 1 N–H and O–H groups in total. The number of fused-ring (bicyclic) bond motifs is 1. The highest BCUT2D eigenvalue weighted by Gasteiger charge is 2.34. The molecular formula is C28H32N6O3. The molecule has 2 aromatic carbocycles. The maximum Gasteiger partial charge on any atom is 0.247 e. The SMILES string of the molecule is CCC(C)(C)NC(=O)[C@H](c1ccncc1)N(Cc1ccccc1OC)C(=O)Cn1nnc2ccccc21. The average Bonchev–Trinajstić information content (AvgIpc) is 3.31. The van der Waals surface area contributed by atoms with Crippen molar-refractivity contribution in [2.24, 2.45) is 0 Å². The second kappa shape index (κ2) is 11.2. The lowest BCUT2D eigenvalue weighted by Gasteiger charge is -2.35. The number of hydrogen-bond acceptors (Lipinski definition) is 6. The summed E-state index contributed by atoms with van der Waals surface area (Å²) in [5.74, 6) is 0.0758. The summed E-state index contributed by atoms with van der Waals surface area (Å²) in [6, 6.07) is 17.6. The monoisotopic (exact) mass is 500 g/mol. The number of carbonyl (C=O) groups excluding carboxylic acids is 2. The van der Waals surface area contributed by atoms with Crippen LogP contribution in [0.25, 0.3) is 11.0 Å². The van der Waals surface area contributed by atoms with Gasteiger partial charge in [0.1, 0.15) is 23.9 Å². The number of nitrogens with one attached hydrogen (secondary N) is 1. The molecule has 2 heterocycles. The standard InChI is InChI=1S/C28H32N6O3/c1-5-28(2,3)30-27(36)26(20-14-16-29-17-15-20)33(18-21-10-6-9-13-24(21)37-4)25(35)19-34-23-12-8-7-11-22(23)31-32-34/h6-17,26H,5,18-19H2,1-4H3,(H,30,36)/t26-/m0/s1. The number of nitrogens with zero attached hydrogens (tertiary/aromatic N) is 5. The largest absolute Gasteiger partial charge is 0.496 e. The minimum Gasteiger partial charge on any atom is -0.496 e. The zero-order valence-corrected chi connectivity index (χ0v) is 21.6. The molecule has 0 spiro atoms. The lowest BCUT2D eigenvalue weighted by Crippen LogP contribution is -2.50. The van der Waals surface area contributed by atoms with Gasteiger partial charge in [-0.3, -0.25) is 14.6 Å². The molecule has 9 heteroatoms. The molecule has 0 bridgehead atoms. The van der Waals surface area contributed by atoms with Crippen molar-refractivity contribution in [1.82, 2.24) is 30.2 Å². The number of aromatic nitrogens is 4. The number of para-hydroxylation sites is 2. The van der Waals surface area contributed by atoms with E-state index in [-0.39, 0.29) is 24.9 Å². The number of benzene rings is 2. The Morgan fingerprint density at radius 1 is 1.05 bits per heavy atom. The van der Waals surface area contributed by atoms with Crippen molar-refractivity contribution >= 4 is 22.8 Å². The fraction of sp³-hybridized carbons (Fsp3) is 0.321. The topological polar surface area (TPSA) is 102 Å². The van der Waals surface area contributed by atoms with Gasteiger partial charge in [0.15, 0.2) is 0 Å². The molecule has 2 amide bonds. The third-order valence-electron chi connectivity index (χ3n) is 6.49.